The largest absolute Gasteiger partial charge is 0.398 e. The first kappa shape index (κ1) is 15.2. The predicted octanol–water partition coefficient (Wildman–Crippen LogP) is 0.624. The summed E-state index contributed by atoms with van der Waals surface area (Å²) in [4.78, 5) is 3.67. The van der Waals surface area contributed by atoms with Crippen molar-refractivity contribution in [3.05, 3.63) is 17.0 Å². The normalized spacial score (nSPS) is 30.6. The van der Waals surface area contributed by atoms with E-state index in [0.29, 0.717) is 0 Å². The summed E-state index contributed by atoms with van der Waals surface area (Å²) in [7, 11) is 0. The molecule has 0 aromatic carbocycles. The highest BCUT2D eigenvalue weighted by molar-refractivity contribution is 7.71. The Kier molecular flexibility index (Phi) is 4.00. The minimum absolute atomic E-state index is 0.0621. The first-order valence-corrected chi connectivity index (χ1v) is 6.02. The van der Waals surface area contributed by atoms with Gasteiger partial charge in [-0.25, -0.2) is 4.98 Å². The number of nitrogens with two attached hydrogens (primary N) is 1. The average Bonchev–Trinajstić information content (AvgIpc) is 2.65. The number of aliphatic hydroxyl groups excluding tert-OH is 2. The van der Waals surface area contributed by atoms with E-state index in [0.717, 1.165) is 4.57 Å². The molecule has 10 heteroatoms. The van der Waals surface area contributed by atoms with Gasteiger partial charge in [0.15, 0.2) is 6.23 Å². The number of rotatable bonds is 2. The lowest BCUT2D eigenvalue weighted by Crippen LogP contribution is -2.38. The molecule has 4 atom stereocenters. The molecule has 1 aromatic rings. The maximum atomic E-state index is 13.1. The second-order valence-corrected chi connectivity index (χ2v) is 4.71. The van der Waals surface area contributed by atoms with Gasteiger partial charge in [0.05, 0.1) is 12.7 Å². The van der Waals surface area contributed by atoms with Gasteiger partial charge in [0.2, 0.25) is 4.77 Å². The van der Waals surface area contributed by atoms with Crippen LogP contribution >= 0.6 is 12.2 Å². The van der Waals surface area contributed by atoms with Crippen molar-refractivity contribution < 1.29 is 28.1 Å². The van der Waals surface area contributed by atoms with Crippen LogP contribution in [-0.2, 0) is 4.74 Å². The molecule has 1 aliphatic heterocycles. The molecular weight excluding hydrogens is 299 g/mol. The molecular formula is C10H12F3N3O3S. The Balaban J connectivity index is 2.45. The molecule has 6 nitrogen and oxygen atoms in total. The van der Waals surface area contributed by atoms with E-state index in [9.17, 15) is 18.3 Å². The van der Waals surface area contributed by atoms with E-state index in [1.54, 1.807) is 0 Å². The maximum Gasteiger partial charge on any atom is 0.398 e. The van der Waals surface area contributed by atoms with Gasteiger partial charge in [0.1, 0.15) is 17.8 Å². The Morgan fingerprint density at radius 3 is 2.65 bits per heavy atom. The summed E-state index contributed by atoms with van der Waals surface area (Å²) in [6.07, 6.45) is -8.33. The van der Waals surface area contributed by atoms with Crippen LogP contribution in [0.3, 0.4) is 0 Å². The standard InChI is InChI=1S/C10H12F3N3O3S/c11-10(12,13)6-7(18)4(3-17)19-8(6)16-2-1-5(14)15-9(16)20/h1-2,4,6-8,17-18H,3H2,(H2,14,15,20). The molecule has 1 aromatic heterocycles. The monoisotopic (exact) mass is 311 g/mol. The van der Waals surface area contributed by atoms with Crippen molar-refractivity contribution >= 4 is 18.0 Å². The van der Waals surface area contributed by atoms with Crippen molar-refractivity contribution in [3.63, 3.8) is 0 Å². The summed E-state index contributed by atoms with van der Waals surface area (Å²) in [5, 5.41) is 18.6. The quantitative estimate of drug-likeness (QED) is 0.694. The van der Waals surface area contributed by atoms with Crippen LogP contribution in [0.15, 0.2) is 12.3 Å². The third-order valence-electron chi connectivity index (χ3n) is 3.05. The van der Waals surface area contributed by atoms with Gasteiger partial charge in [0.25, 0.3) is 0 Å². The number of hydrogen-bond donors (Lipinski definition) is 3. The van der Waals surface area contributed by atoms with E-state index in [4.69, 9.17) is 27.8 Å². The fraction of sp³-hybridized carbons (Fsp3) is 0.600. The summed E-state index contributed by atoms with van der Waals surface area (Å²) in [6.45, 7) is -0.736. The number of nitrogens with zero attached hydrogens (tertiary/aromatic N) is 2. The fourth-order valence-electron chi connectivity index (χ4n) is 2.11. The zero-order chi connectivity index (χ0) is 15.1. The Morgan fingerprint density at radius 1 is 1.50 bits per heavy atom. The highest BCUT2D eigenvalue weighted by Crippen LogP contribution is 2.44. The first-order valence-electron chi connectivity index (χ1n) is 5.61. The number of halogens is 3. The Morgan fingerprint density at radius 2 is 2.15 bits per heavy atom. The molecule has 0 aliphatic carbocycles. The van der Waals surface area contributed by atoms with E-state index < -0.39 is 37.1 Å². The minimum Gasteiger partial charge on any atom is -0.394 e. The molecule has 0 amide bonds. The van der Waals surface area contributed by atoms with Crippen LogP contribution < -0.4 is 5.73 Å². The second-order valence-electron chi connectivity index (χ2n) is 4.35. The molecule has 0 spiro atoms. The zero-order valence-corrected chi connectivity index (χ0v) is 10.8. The molecule has 1 fully saturated rings. The molecule has 112 valence electrons. The summed E-state index contributed by atoms with van der Waals surface area (Å²) < 4.78 is 45.0. The third kappa shape index (κ3) is 2.64. The summed E-state index contributed by atoms with van der Waals surface area (Å²) >= 11 is 4.85. The Labute approximate surface area is 116 Å². The van der Waals surface area contributed by atoms with Gasteiger partial charge in [-0.2, -0.15) is 13.2 Å². The number of aromatic nitrogens is 2. The molecule has 0 bridgehead atoms. The van der Waals surface area contributed by atoms with Crippen LogP contribution in [0, 0.1) is 10.7 Å². The van der Waals surface area contributed by atoms with E-state index in [1.165, 1.54) is 12.3 Å². The number of aliphatic hydroxyl groups is 2. The summed E-state index contributed by atoms with van der Waals surface area (Å²) in [5.74, 6) is -2.15. The number of anilines is 1. The van der Waals surface area contributed by atoms with Gasteiger partial charge in [-0.15, -0.1) is 0 Å². The van der Waals surface area contributed by atoms with Gasteiger partial charge in [-0.05, 0) is 18.3 Å². The van der Waals surface area contributed by atoms with Gasteiger partial charge >= 0.3 is 6.18 Å². The maximum absolute atomic E-state index is 13.1. The number of hydrogen-bond acceptors (Lipinski definition) is 6. The average molecular weight is 311 g/mol. The predicted molar refractivity (Wildman–Crippen MR) is 64.0 cm³/mol. The molecule has 4 N–H and O–H groups in total. The molecule has 0 saturated carbocycles. The molecule has 4 unspecified atom stereocenters. The molecule has 2 heterocycles. The van der Waals surface area contributed by atoms with Gasteiger partial charge < -0.3 is 20.7 Å². The highest BCUT2D eigenvalue weighted by atomic mass is 32.1. The van der Waals surface area contributed by atoms with Crippen LogP contribution in [0.2, 0.25) is 0 Å². The van der Waals surface area contributed by atoms with Crippen molar-refractivity contribution in [2.75, 3.05) is 12.3 Å². The first-order chi connectivity index (χ1) is 9.25. The number of ether oxygens (including phenoxy) is 1. The molecule has 20 heavy (non-hydrogen) atoms. The van der Waals surface area contributed by atoms with E-state index >= 15 is 0 Å². The lowest BCUT2D eigenvalue weighted by molar-refractivity contribution is -0.211. The van der Waals surface area contributed by atoms with Crippen molar-refractivity contribution in [1.29, 1.82) is 0 Å². The molecule has 1 aliphatic rings. The van der Waals surface area contributed by atoms with Crippen LogP contribution in [0.5, 0.6) is 0 Å². The van der Waals surface area contributed by atoms with E-state index in [1.807, 2.05) is 0 Å². The van der Waals surface area contributed by atoms with Crippen molar-refractivity contribution in [2.45, 2.75) is 24.6 Å². The lowest BCUT2D eigenvalue weighted by atomic mass is 9.99. The fourth-order valence-corrected chi connectivity index (χ4v) is 2.38. The van der Waals surface area contributed by atoms with Gasteiger partial charge in [0, 0.05) is 6.20 Å². The smallest absolute Gasteiger partial charge is 0.394 e. The third-order valence-corrected chi connectivity index (χ3v) is 3.36. The molecule has 1 saturated heterocycles. The zero-order valence-electron chi connectivity index (χ0n) is 9.99. The number of alkyl halides is 3. The summed E-state index contributed by atoms with van der Waals surface area (Å²) in [5.41, 5.74) is 5.38. The lowest BCUT2D eigenvalue weighted by Gasteiger charge is -2.24. The van der Waals surface area contributed by atoms with E-state index in [-0.39, 0.29) is 10.6 Å². The molecule has 2 rings (SSSR count). The van der Waals surface area contributed by atoms with Crippen LogP contribution in [-0.4, -0.2) is 44.8 Å². The van der Waals surface area contributed by atoms with Crippen molar-refractivity contribution in [2.24, 2.45) is 5.92 Å². The minimum atomic E-state index is -4.72. The van der Waals surface area contributed by atoms with Crippen molar-refractivity contribution in [1.82, 2.24) is 9.55 Å². The highest BCUT2D eigenvalue weighted by Gasteiger charge is 2.57. The van der Waals surface area contributed by atoms with Gasteiger partial charge in [-0.1, -0.05) is 0 Å². The van der Waals surface area contributed by atoms with Crippen LogP contribution in [0.4, 0.5) is 19.0 Å². The topological polar surface area (TPSA) is 93.5 Å². The van der Waals surface area contributed by atoms with Crippen molar-refractivity contribution in [3.8, 4) is 0 Å². The Hall–Kier alpha value is -1.23. The van der Waals surface area contributed by atoms with Gasteiger partial charge in [-0.3, -0.25) is 4.57 Å². The van der Waals surface area contributed by atoms with Crippen LogP contribution in [0.1, 0.15) is 6.23 Å². The molecule has 0 radical (unpaired) electrons. The second kappa shape index (κ2) is 5.28. The Bertz CT molecular complexity index is 551. The SMILES string of the molecule is Nc1ccn(C2OC(CO)C(O)C2C(F)(F)F)c(=S)n1. The van der Waals surface area contributed by atoms with Crippen LogP contribution in [0.25, 0.3) is 0 Å². The summed E-state index contributed by atoms with van der Waals surface area (Å²) in [6, 6.07) is 1.27. The van der Waals surface area contributed by atoms with E-state index in [2.05, 4.69) is 4.98 Å². The number of nitrogen functional groups attached to an aromatic ring is 1.